The summed E-state index contributed by atoms with van der Waals surface area (Å²) in [6, 6.07) is 53.5. The van der Waals surface area contributed by atoms with E-state index in [9.17, 15) is 0 Å². The molecule has 0 saturated carbocycles. The summed E-state index contributed by atoms with van der Waals surface area (Å²) in [7, 11) is 0. The third-order valence-electron chi connectivity index (χ3n) is 18.8. The Morgan fingerprint density at radius 2 is 0.492 bits per heavy atom. The van der Waals surface area contributed by atoms with Gasteiger partial charge >= 0.3 is 0 Å². The van der Waals surface area contributed by atoms with Crippen LogP contribution in [0.2, 0.25) is 0 Å². The van der Waals surface area contributed by atoms with Gasteiger partial charge in [-0.25, -0.2) is 0 Å². The first-order chi connectivity index (χ1) is 29.8. The molecular formula is C60H59N3. The molecule has 0 spiro atoms. The molecule has 0 saturated heterocycles. The molecule has 0 unspecified atom stereocenters. The molecule has 3 nitrogen and oxygen atoms in total. The molecule has 3 heterocycles. The highest BCUT2D eigenvalue weighted by atomic mass is 15.0. The van der Waals surface area contributed by atoms with Gasteiger partial charge in [-0.15, -0.1) is 0 Å². The molecule has 0 bridgehead atoms. The van der Waals surface area contributed by atoms with E-state index in [1.807, 2.05) is 0 Å². The molecule has 63 heavy (non-hydrogen) atoms. The minimum atomic E-state index is -0.0303. The van der Waals surface area contributed by atoms with Gasteiger partial charge in [-0.05, 0) is 121 Å². The van der Waals surface area contributed by atoms with Crippen molar-refractivity contribution in [3.8, 4) is 17.1 Å². The second kappa shape index (κ2) is 11.9. The van der Waals surface area contributed by atoms with Gasteiger partial charge in [-0.1, -0.05) is 156 Å². The lowest BCUT2D eigenvalue weighted by molar-refractivity contribution is 0.125. The summed E-state index contributed by atoms with van der Waals surface area (Å²) in [5, 5.41) is 7.73. The van der Waals surface area contributed by atoms with Crippen LogP contribution in [0, 0.1) is 10.8 Å². The first-order valence-electron chi connectivity index (χ1n) is 23.1. The second-order valence-corrected chi connectivity index (χ2v) is 22.4. The van der Waals surface area contributed by atoms with Crippen LogP contribution in [-0.4, -0.2) is 13.7 Å². The zero-order valence-corrected chi connectivity index (χ0v) is 39.1. The zero-order valence-electron chi connectivity index (χ0n) is 39.1. The number of hydrogen-bond donors (Lipinski definition) is 0. The minimum Gasteiger partial charge on any atom is -0.309 e. The molecule has 0 aliphatic heterocycles. The molecule has 0 atom stereocenters. The highest BCUT2D eigenvalue weighted by molar-refractivity contribution is 6.12. The summed E-state index contributed by atoms with van der Waals surface area (Å²) >= 11 is 0. The van der Waals surface area contributed by atoms with Crippen LogP contribution >= 0.6 is 0 Å². The van der Waals surface area contributed by atoms with E-state index >= 15 is 0 Å². The van der Waals surface area contributed by atoms with Crippen molar-refractivity contribution in [1.82, 2.24) is 13.7 Å². The number of nitrogens with zero attached hydrogens (tertiary/aromatic N) is 3. The number of fused-ring (bicyclic) bond motifs is 11. The van der Waals surface area contributed by atoms with Crippen molar-refractivity contribution < 1.29 is 0 Å². The van der Waals surface area contributed by atoms with Crippen LogP contribution in [0.3, 0.4) is 0 Å². The van der Waals surface area contributed by atoms with Crippen LogP contribution in [-0.2, 0) is 21.7 Å². The Kier molecular flexibility index (Phi) is 7.31. The molecule has 12 rings (SSSR count). The number of para-hydroxylation sites is 4. The molecule has 10 aromatic rings. The molecule has 0 radical (unpaired) electrons. The van der Waals surface area contributed by atoms with Crippen LogP contribution in [0.25, 0.3) is 82.5 Å². The average molecular weight is 822 g/mol. The maximum Gasteiger partial charge on any atom is 0.0544 e. The van der Waals surface area contributed by atoms with Crippen molar-refractivity contribution in [1.29, 1.82) is 0 Å². The molecular weight excluding hydrogens is 763 g/mol. The molecule has 2 aliphatic rings. The normalized spacial score (nSPS) is 18.9. The van der Waals surface area contributed by atoms with Crippen molar-refractivity contribution in [2.75, 3.05) is 0 Å². The Balaban J connectivity index is 1.23. The largest absolute Gasteiger partial charge is 0.309 e. The molecule has 3 aromatic heterocycles. The predicted molar refractivity (Wildman–Crippen MR) is 269 cm³/mol. The Hall–Kier alpha value is -6.06. The number of benzene rings is 7. The summed E-state index contributed by atoms with van der Waals surface area (Å²) in [6.45, 7) is 29.5. The van der Waals surface area contributed by atoms with Crippen molar-refractivity contribution in [2.45, 2.75) is 105 Å². The van der Waals surface area contributed by atoms with Crippen molar-refractivity contribution in [2.24, 2.45) is 10.8 Å². The molecule has 0 N–H and O–H groups in total. The Bertz CT molecular complexity index is 3390. The van der Waals surface area contributed by atoms with E-state index in [4.69, 9.17) is 0 Å². The van der Waals surface area contributed by atoms with Gasteiger partial charge in [0.05, 0.1) is 50.2 Å². The number of rotatable bonds is 3. The Labute approximate surface area is 372 Å². The summed E-state index contributed by atoms with van der Waals surface area (Å²) in [6.07, 6.45) is 0. The minimum absolute atomic E-state index is 0.00253. The molecule has 0 amide bonds. The third kappa shape index (κ3) is 4.51. The number of hydrogen-bond acceptors (Lipinski definition) is 0. The zero-order chi connectivity index (χ0) is 44.0. The summed E-state index contributed by atoms with van der Waals surface area (Å²) in [4.78, 5) is 0. The fourth-order valence-corrected chi connectivity index (χ4v) is 12.7. The first-order valence-corrected chi connectivity index (χ1v) is 23.1. The summed E-state index contributed by atoms with van der Waals surface area (Å²) in [5.41, 5.74) is 16.7. The lowest BCUT2D eigenvalue weighted by atomic mass is 9.59. The fraction of sp³-hybridized carbons (Fsp3) is 0.300. The fourth-order valence-electron chi connectivity index (χ4n) is 12.7. The van der Waals surface area contributed by atoms with E-state index in [1.165, 1.54) is 87.7 Å². The van der Waals surface area contributed by atoms with E-state index in [2.05, 4.69) is 236 Å². The highest BCUT2D eigenvalue weighted by Crippen LogP contribution is 2.64. The van der Waals surface area contributed by atoms with Gasteiger partial charge in [0.15, 0.2) is 0 Å². The van der Waals surface area contributed by atoms with E-state index in [-0.39, 0.29) is 32.5 Å². The maximum atomic E-state index is 2.57. The predicted octanol–water partition coefficient (Wildman–Crippen LogP) is 16.2. The van der Waals surface area contributed by atoms with Crippen LogP contribution in [0.1, 0.15) is 105 Å². The van der Waals surface area contributed by atoms with Crippen LogP contribution < -0.4 is 0 Å². The van der Waals surface area contributed by atoms with Gasteiger partial charge in [-0.2, -0.15) is 0 Å². The van der Waals surface area contributed by atoms with E-state index in [0.29, 0.717) is 0 Å². The van der Waals surface area contributed by atoms with Crippen LogP contribution in [0.15, 0.2) is 140 Å². The van der Waals surface area contributed by atoms with Crippen molar-refractivity contribution >= 4 is 65.4 Å². The van der Waals surface area contributed by atoms with Crippen molar-refractivity contribution in [3.05, 3.63) is 162 Å². The monoisotopic (exact) mass is 821 g/mol. The highest BCUT2D eigenvalue weighted by Gasteiger charge is 2.58. The van der Waals surface area contributed by atoms with Crippen molar-refractivity contribution in [3.63, 3.8) is 0 Å². The SMILES string of the molecule is CC1(C)c2cc3c4ccccc4n(-c4cc(-n5c6ccccc6c6ccccc65)cc(-n5c6ccccc6c6cc7c(cc65)C(C)(C)C(C)(C)C7(C)C)c4)c3cc2C(C)(C)C1(C)C. The van der Waals surface area contributed by atoms with Gasteiger partial charge in [0.1, 0.15) is 0 Å². The second-order valence-electron chi connectivity index (χ2n) is 22.4. The summed E-state index contributed by atoms with van der Waals surface area (Å²) in [5.74, 6) is 0. The van der Waals surface area contributed by atoms with E-state index < -0.39 is 0 Å². The molecule has 7 aromatic carbocycles. The van der Waals surface area contributed by atoms with Gasteiger partial charge < -0.3 is 13.7 Å². The van der Waals surface area contributed by atoms with E-state index in [1.54, 1.807) is 0 Å². The van der Waals surface area contributed by atoms with Gasteiger partial charge in [0.25, 0.3) is 0 Å². The van der Waals surface area contributed by atoms with Crippen LogP contribution in [0.4, 0.5) is 0 Å². The van der Waals surface area contributed by atoms with Crippen LogP contribution in [0.5, 0.6) is 0 Å². The smallest absolute Gasteiger partial charge is 0.0544 e. The summed E-state index contributed by atoms with van der Waals surface area (Å²) < 4.78 is 7.64. The molecule has 0 fully saturated rings. The van der Waals surface area contributed by atoms with Gasteiger partial charge in [0, 0.05) is 32.3 Å². The van der Waals surface area contributed by atoms with E-state index in [0.717, 1.165) is 17.1 Å². The average Bonchev–Trinajstić information content (AvgIpc) is 3.94. The first kappa shape index (κ1) is 38.6. The lowest BCUT2D eigenvalue weighted by Gasteiger charge is -2.44. The standard InChI is InChI=1S/C60H59N3/c1-55(2)45-32-43-41-23-15-19-27-51(41)62(53(43)34-47(45)57(5,6)59(55,9)10)37-29-36(61-49-25-17-13-21-39(49)40-22-14-18-26-50(40)61)30-38(31-37)63-52-28-20-16-24-42(52)44-33-46-48(35-54(44)63)58(7,8)60(11,12)56(46,3)4/h13-35H,1-12H3. The Morgan fingerprint density at radius 1 is 0.254 bits per heavy atom. The third-order valence-corrected chi connectivity index (χ3v) is 18.8. The number of aromatic nitrogens is 3. The topological polar surface area (TPSA) is 14.8 Å². The van der Waals surface area contributed by atoms with Gasteiger partial charge in [-0.3, -0.25) is 0 Å². The lowest BCUT2D eigenvalue weighted by Crippen LogP contribution is -2.42. The molecule has 314 valence electrons. The van der Waals surface area contributed by atoms with Gasteiger partial charge in [0.2, 0.25) is 0 Å². The Morgan fingerprint density at radius 3 is 0.794 bits per heavy atom. The quantitative estimate of drug-likeness (QED) is 0.169. The molecule has 3 heteroatoms. The maximum absolute atomic E-state index is 2.57. The molecule has 2 aliphatic carbocycles.